The van der Waals surface area contributed by atoms with Crippen LogP contribution in [0.15, 0.2) is 60.9 Å². The van der Waals surface area contributed by atoms with Gasteiger partial charge < -0.3 is 0 Å². The second-order valence-corrected chi connectivity index (χ2v) is 5.38. The molecule has 0 saturated heterocycles. The zero-order chi connectivity index (χ0) is 18.9. The maximum atomic E-state index is 13.2. The summed E-state index contributed by atoms with van der Waals surface area (Å²) in [7, 11) is 0. The highest BCUT2D eigenvalue weighted by Gasteiger charge is 2.35. The van der Waals surface area contributed by atoms with Gasteiger partial charge in [0.25, 0.3) is 0 Å². The highest BCUT2D eigenvalue weighted by Crippen LogP contribution is 2.39. The van der Waals surface area contributed by atoms with Gasteiger partial charge in [0.2, 0.25) is 0 Å². The first-order valence-corrected chi connectivity index (χ1v) is 7.33. The molecule has 0 N–H and O–H groups in total. The van der Waals surface area contributed by atoms with Crippen molar-refractivity contribution in [2.75, 3.05) is 0 Å². The lowest BCUT2D eigenvalue weighted by molar-refractivity contribution is -0.137. The predicted molar refractivity (Wildman–Crippen MR) is 82.9 cm³/mol. The largest absolute Gasteiger partial charge is 0.417 e. The topological polar surface area (TPSA) is 25.8 Å². The first-order chi connectivity index (χ1) is 12.2. The van der Waals surface area contributed by atoms with Crippen LogP contribution >= 0.6 is 0 Å². The molecule has 3 aromatic rings. The fraction of sp³-hybridized carbons (Fsp3) is 0.111. The first kappa shape index (κ1) is 17.9. The Labute approximate surface area is 144 Å². The maximum absolute atomic E-state index is 13.2. The van der Waals surface area contributed by atoms with Gasteiger partial charge in [-0.1, -0.05) is 36.4 Å². The van der Waals surface area contributed by atoms with Crippen molar-refractivity contribution in [2.24, 2.45) is 0 Å². The van der Waals surface area contributed by atoms with Gasteiger partial charge in [0.15, 0.2) is 0 Å². The average molecular weight is 368 g/mol. The van der Waals surface area contributed by atoms with Crippen molar-refractivity contribution in [1.82, 2.24) is 9.97 Å². The number of hydrogen-bond acceptors (Lipinski definition) is 2. The Bertz CT molecular complexity index is 858. The standard InChI is InChI=1S/C18H10F6N2/c19-17(20,21)13-7-3-1-5-11(13)15-9-16(26-10-25-15)12-6-2-4-8-14(12)18(22,23)24/h1-10H. The van der Waals surface area contributed by atoms with Gasteiger partial charge in [-0.25, -0.2) is 9.97 Å². The van der Waals surface area contributed by atoms with Crippen LogP contribution in [0.5, 0.6) is 0 Å². The summed E-state index contributed by atoms with van der Waals surface area (Å²) in [5.41, 5.74) is -2.52. The molecule has 1 aromatic heterocycles. The highest BCUT2D eigenvalue weighted by molar-refractivity contribution is 5.72. The average Bonchev–Trinajstić information content (AvgIpc) is 2.60. The summed E-state index contributed by atoms with van der Waals surface area (Å²) in [6, 6.07) is 10.6. The SMILES string of the molecule is FC(F)(F)c1ccccc1-c1cc(-c2ccccc2C(F)(F)F)ncn1. The van der Waals surface area contributed by atoms with Crippen LogP contribution in [-0.4, -0.2) is 9.97 Å². The second kappa shape index (κ2) is 6.44. The molecule has 0 saturated carbocycles. The molecule has 2 aromatic carbocycles. The van der Waals surface area contributed by atoms with Gasteiger partial charge in [-0.05, 0) is 18.2 Å². The Hall–Kier alpha value is -2.90. The number of rotatable bonds is 2. The van der Waals surface area contributed by atoms with E-state index in [0.29, 0.717) is 0 Å². The van der Waals surface area contributed by atoms with Gasteiger partial charge in [-0.2, -0.15) is 26.3 Å². The van der Waals surface area contributed by atoms with Crippen LogP contribution in [0.2, 0.25) is 0 Å². The van der Waals surface area contributed by atoms with Crippen molar-refractivity contribution < 1.29 is 26.3 Å². The van der Waals surface area contributed by atoms with Crippen molar-refractivity contribution in [2.45, 2.75) is 12.4 Å². The van der Waals surface area contributed by atoms with Gasteiger partial charge >= 0.3 is 12.4 Å². The van der Waals surface area contributed by atoms with Crippen molar-refractivity contribution in [3.8, 4) is 22.5 Å². The summed E-state index contributed by atoms with van der Waals surface area (Å²) in [5.74, 6) is 0. The summed E-state index contributed by atoms with van der Waals surface area (Å²) < 4.78 is 79.1. The van der Waals surface area contributed by atoms with E-state index in [0.717, 1.165) is 24.5 Å². The molecule has 1 heterocycles. The number of halogens is 6. The van der Waals surface area contributed by atoms with E-state index in [9.17, 15) is 26.3 Å². The summed E-state index contributed by atoms with van der Waals surface area (Å²) in [4.78, 5) is 7.62. The van der Waals surface area contributed by atoms with Crippen molar-refractivity contribution in [3.63, 3.8) is 0 Å². The van der Waals surface area contributed by atoms with E-state index in [2.05, 4.69) is 9.97 Å². The third kappa shape index (κ3) is 3.54. The van der Waals surface area contributed by atoms with Crippen LogP contribution in [0, 0.1) is 0 Å². The summed E-state index contributed by atoms with van der Waals surface area (Å²) in [6.07, 6.45) is -8.29. The molecule has 8 heteroatoms. The number of alkyl halides is 6. The fourth-order valence-electron chi connectivity index (χ4n) is 2.56. The summed E-state index contributed by atoms with van der Waals surface area (Å²) in [5, 5.41) is 0. The van der Waals surface area contributed by atoms with E-state index >= 15 is 0 Å². The van der Waals surface area contributed by atoms with Gasteiger partial charge in [0.1, 0.15) is 6.33 Å². The Morgan fingerprint density at radius 3 is 1.35 bits per heavy atom. The minimum Gasteiger partial charge on any atom is -0.236 e. The number of nitrogens with zero attached hydrogens (tertiary/aromatic N) is 2. The molecular weight excluding hydrogens is 358 g/mol. The van der Waals surface area contributed by atoms with Crippen LogP contribution in [0.1, 0.15) is 11.1 Å². The van der Waals surface area contributed by atoms with Crippen molar-refractivity contribution >= 4 is 0 Å². The lowest BCUT2D eigenvalue weighted by atomic mass is 10.00. The molecule has 134 valence electrons. The Morgan fingerprint density at radius 2 is 0.962 bits per heavy atom. The van der Waals surface area contributed by atoms with Crippen LogP contribution in [-0.2, 0) is 12.4 Å². The zero-order valence-corrected chi connectivity index (χ0v) is 12.9. The molecule has 0 aliphatic rings. The fourth-order valence-corrected chi connectivity index (χ4v) is 2.56. The van der Waals surface area contributed by atoms with E-state index < -0.39 is 23.5 Å². The Kier molecular flexibility index (Phi) is 4.43. The Morgan fingerprint density at radius 1 is 0.577 bits per heavy atom. The summed E-state index contributed by atoms with van der Waals surface area (Å²) >= 11 is 0. The molecule has 0 aliphatic carbocycles. The minimum atomic E-state index is -4.62. The minimum absolute atomic E-state index is 0.111. The van der Waals surface area contributed by atoms with Crippen LogP contribution in [0.25, 0.3) is 22.5 Å². The van der Waals surface area contributed by atoms with Crippen LogP contribution in [0.3, 0.4) is 0 Å². The smallest absolute Gasteiger partial charge is 0.236 e. The second-order valence-electron chi connectivity index (χ2n) is 5.38. The molecule has 2 nitrogen and oxygen atoms in total. The molecule has 3 rings (SSSR count). The third-order valence-electron chi connectivity index (χ3n) is 3.68. The number of aromatic nitrogens is 2. The normalized spacial score (nSPS) is 12.2. The van der Waals surface area contributed by atoms with E-state index in [1.54, 1.807) is 0 Å². The maximum Gasteiger partial charge on any atom is 0.417 e. The van der Waals surface area contributed by atoms with Gasteiger partial charge in [-0.3, -0.25) is 0 Å². The van der Waals surface area contributed by atoms with E-state index in [1.165, 1.54) is 36.4 Å². The molecule has 26 heavy (non-hydrogen) atoms. The van der Waals surface area contributed by atoms with Gasteiger partial charge in [0.05, 0.1) is 22.5 Å². The van der Waals surface area contributed by atoms with Gasteiger partial charge in [-0.15, -0.1) is 0 Å². The lowest BCUT2D eigenvalue weighted by Gasteiger charge is -2.14. The predicted octanol–water partition coefficient (Wildman–Crippen LogP) is 5.85. The highest BCUT2D eigenvalue weighted by atomic mass is 19.4. The molecule has 0 bridgehead atoms. The molecular formula is C18H10F6N2. The third-order valence-corrected chi connectivity index (χ3v) is 3.68. The number of benzene rings is 2. The molecule has 0 unspecified atom stereocenters. The summed E-state index contributed by atoms with van der Waals surface area (Å²) in [6.45, 7) is 0. The quantitative estimate of drug-likeness (QED) is 0.531. The molecule has 0 aliphatic heterocycles. The first-order valence-electron chi connectivity index (χ1n) is 7.33. The van der Waals surface area contributed by atoms with E-state index in [1.807, 2.05) is 0 Å². The van der Waals surface area contributed by atoms with E-state index in [4.69, 9.17) is 0 Å². The van der Waals surface area contributed by atoms with Crippen LogP contribution in [0.4, 0.5) is 26.3 Å². The molecule has 0 fully saturated rings. The molecule has 0 amide bonds. The molecule has 0 spiro atoms. The lowest BCUT2D eigenvalue weighted by Crippen LogP contribution is -2.08. The Balaban J connectivity index is 2.16. The monoisotopic (exact) mass is 368 g/mol. The zero-order valence-electron chi connectivity index (χ0n) is 12.9. The molecule has 0 atom stereocenters. The van der Waals surface area contributed by atoms with Crippen molar-refractivity contribution in [1.29, 1.82) is 0 Å². The number of hydrogen-bond donors (Lipinski definition) is 0. The van der Waals surface area contributed by atoms with Crippen LogP contribution < -0.4 is 0 Å². The van der Waals surface area contributed by atoms with Crippen molar-refractivity contribution in [3.05, 3.63) is 72.1 Å². The molecule has 0 radical (unpaired) electrons. The van der Waals surface area contributed by atoms with Gasteiger partial charge in [0, 0.05) is 11.1 Å². The van der Waals surface area contributed by atoms with E-state index in [-0.39, 0.29) is 22.5 Å².